The molecule has 0 amide bonds. The molecule has 0 aliphatic carbocycles. The highest BCUT2D eigenvalue weighted by molar-refractivity contribution is 9.10. The summed E-state index contributed by atoms with van der Waals surface area (Å²) in [6.45, 7) is 0. The molecule has 0 saturated carbocycles. The average Bonchev–Trinajstić information content (AvgIpc) is 1.99. The zero-order valence-corrected chi connectivity index (χ0v) is 7.49. The minimum Gasteiger partial charge on any atom is -0.298 e. The summed E-state index contributed by atoms with van der Waals surface area (Å²) in [5, 5.41) is -0.296. The van der Waals surface area contributed by atoms with Gasteiger partial charge in [-0.15, -0.1) is 0 Å². The van der Waals surface area contributed by atoms with Crippen molar-refractivity contribution in [3.63, 3.8) is 0 Å². The van der Waals surface area contributed by atoms with Gasteiger partial charge in [0.05, 0.1) is 5.56 Å². The maximum Gasteiger partial charge on any atom is 0.172 e. The molecule has 1 aromatic rings. The molecule has 5 heteroatoms. The molecule has 1 heterocycles. The smallest absolute Gasteiger partial charge is 0.172 e. The number of rotatable bonds is 1. The predicted octanol–water partition coefficient (Wildman–Crippen LogP) is 2.45. The Morgan fingerprint density at radius 1 is 1.73 bits per heavy atom. The van der Waals surface area contributed by atoms with Gasteiger partial charge < -0.3 is 0 Å². The largest absolute Gasteiger partial charge is 0.298 e. The van der Waals surface area contributed by atoms with Gasteiger partial charge in [0, 0.05) is 10.7 Å². The lowest BCUT2D eigenvalue weighted by atomic mass is 10.3. The summed E-state index contributed by atoms with van der Waals surface area (Å²) in [6, 6.07) is 0. The third-order valence-corrected chi connectivity index (χ3v) is 1.98. The number of nitrogens with zero attached hydrogens (tertiary/aromatic N) is 1. The first-order valence-electron chi connectivity index (χ1n) is 2.61. The molecule has 0 aliphatic rings. The summed E-state index contributed by atoms with van der Waals surface area (Å²) < 4.78 is 13.1. The van der Waals surface area contributed by atoms with Crippen molar-refractivity contribution in [3.05, 3.63) is 27.2 Å². The minimum atomic E-state index is -0.795. The number of hydrogen-bond donors (Lipinski definition) is 0. The van der Waals surface area contributed by atoms with E-state index in [9.17, 15) is 9.18 Å². The van der Waals surface area contributed by atoms with E-state index in [1.54, 1.807) is 0 Å². The third kappa shape index (κ3) is 1.57. The van der Waals surface area contributed by atoms with E-state index < -0.39 is 5.82 Å². The number of halogens is 3. The molecule has 0 radical (unpaired) electrons. The van der Waals surface area contributed by atoms with Crippen LogP contribution in [0.2, 0.25) is 5.15 Å². The van der Waals surface area contributed by atoms with Gasteiger partial charge >= 0.3 is 0 Å². The fourth-order valence-electron chi connectivity index (χ4n) is 0.564. The van der Waals surface area contributed by atoms with Crippen LogP contribution in [0, 0.1) is 5.82 Å². The van der Waals surface area contributed by atoms with E-state index in [1.807, 2.05) is 0 Å². The van der Waals surface area contributed by atoms with Crippen LogP contribution in [0.1, 0.15) is 10.4 Å². The summed E-state index contributed by atoms with van der Waals surface area (Å²) in [5.74, 6) is -0.795. The van der Waals surface area contributed by atoms with Crippen LogP contribution in [-0.2, 0) is 0 Å². The van der Waals surface area contributed by atoms with Crippen molar-refractivity contribution < 1.29 is 9.18 Å². The summed E-state index contributed by atoms with van der Waals surface area (Å²) in [6.07, 6.45) is 1.65. The second kappa shape index (κ2) is 3.28. The Kier molecular flexibility index (Phi) is 2.57. The molecule has 0 unspecified atom stereocenters. The third-order valence-electron chi connectivity index (χ3n) is 1.08. The topological polar surface area (TPSA) is 30.0 Å². The molecule has 0 spiro atoms. The molecule has 0 aromatic carbocycles. The van der Waals surface area contributed by atoms with Crippen molar-refractivity contribution in [2.75, 3.05) is 0 Å². The molecule has 0 fully saturated rings. The highest BCUT2D eigenvalue weighted by atomic mass is 79.9. The molecule has 1 rings (SSSR count). The Hall–Kier alpha value is -0.480. The second-order valence-electron chi connectivity index (χ2n) is 1.74. The van der Waals surface area contributed by atoms with Gasteiger partial charge in [0.15, 0.2) is 17.3 Å². The summed E-state index contributed by atoms with van der Waals surface area (Å²) >= 11 is 8.25. The highest BCUT2D eigenvalue weighted by Crippen LogP contribution is 2.21. The zero-order chi connectivity index (χ0) is 8.43. The predicted molar refractivity (Wildman–Crippen MR) is 42.3 cm³/mol. The maximum atomic E-state index is 12.8. The summed E-state index contributed by atoms with van der Waals surface area (Å²) in [5.41, 5.74) is -0.106. The van der Waals surface area contributed by atoms with Crippen molar-refractivity contribution in [3.8, 4) is 0 Å². The molecular weight excluding hydrogens is 236 g/mol. The molecule has 0 aliphatic heterocycles. The van der Waals surface area contributed by atoms with Gasteiger partial charge in [0.2, 0.25) is 0 Å². The summed E-state index contributed by atoms with van der Waals surface area (Å²) in [7, 11) is 0. The van der Waals surface area contributed by atoms with Gasteiger partial charge in [-0.05, 0) is 15.9 Å². The van der Waals surface area contributed by atoms with Crippen molar-refractivity contribution in [1.29, 1.82) is 0 Å². The Morgan fingerprint density at radius 3 is 2.82 bits per heavy atom. The highest BCUT2D eigenvalue weighted by Gasteiger charge is 2.10. The van der Waals surface area contributed by atoms with Gasteiger partial charge in [-0.1, -0.05) is 11.6 Å². The standard InChI is InChI=1S/C6H2BrClFNO/c7-4-1-10-6(8)5(9)3(4)2-11/h1-2H. The number of hydrogen-bond acceptors (Lipinski definition) is 2. The first-order valence-corrected chi connectivity index (χ1v) is 3.78. The van der Waals surface area contributed by atoms with E-state index in [0.717, 1.165) is 0 Å². The number of carbonyl (C=O) groups excluding carboxylic acids is 1. The molecule has 0 N–H and O–H groups in total. The Balaban J connectivity index is 3.40. The number of aldehydes is 1. The van der Waals surface area contributed by atoms with Crippen LogP contribution in [-0.4, -0.2) is 11.3 Å². The molecule has 0 saturated heterocycles. The van der Waals surface area contributed by atoms with E-state index in [1.165, 1.54) is 6.20 Å². The van der Waals surface area contributed by atoms with Crippen LogP contribution < -0.4 is 0 Å². The average molecular weight is 238 g/mol. The van der Waals surface area contributed by atoms with E-state index in [2.05, 4.69) is 20.9 Å². The van der Waals surface area contributed by atoms with E-state index in [4.69, 9.17) is 11.6 Å². The van der Waals surface area contributed by atoms with Gasteiger partial charge in [0.1, 0.15) is 0 Å². The van der Waals surface area contributed by atoms with Gasteiger partial charge in [-0.2, -0.15) is 0 Å². The van der Waals surface area contributed by atoms with Crippen molar-refractivity contribution >= 4 is 33.8 Å². The number of pyridine rings is 1. The maximum absolute atomic E-state index is 12.8. The van der Waals surface area contributed by atoms with Crippen LogP contribution in [0.3, 0.4) is 0 Å². The molecular formula is C6H2BrClFNO. The van der Waals surface area contributed by atoms with Crippen molar-refractivity contribution in [1.82, 2.24) is 4.98 Å². The number of carbonyl (C=O) groups is 1. The molecule has 0 atom stereocenters. The first-order chi connectivity index (χ1) is 5.16. The van der Waals surface area contributed by atoms with Crippen LogP contribution in [0.4, 0.5) is 4.39 Å². The normalized spacial score (nSPS) is 9.73. The lowest BCUT2D eigenvalue weighted by Gasteiger charge is -1.97. The Labute approximate surface area is 75.5 Å². The molecule has 2 nitrogen and oxygen atoms in total. The van der Waals surface area contributed by atoms with Gasteiger partial charge in [-0.25, -0.2) is 9.37 Å². The van der Waals surface area contributed by atoms with Crippen LogP contribution in [0.5, 0.6) is 0 Å². The molecule has 58 valence electrons. The fraction of sp³-hybridized carbons (Fsp3) is 0. The van der Waals surface area contributed by atoms with E-state index >= 15 is 0 Å². The lowest BCUT2D eigenvalue weighted by Crippen LogP contribution is -1.92. The number of aromatic nitrogens is 1. The minimum absolute atomic E-state index is 0.106. The summed E-state index contributed by atoms with van der Waals surface area (Å²) in [4.78, 5) is 13.7. The molecule has 0 bridgehead atoms. The van der Waals surface area contributed by atoms with Gasteiger partial charge in [0.25, 0.3) is 0 Å². The molecule has 11 heavy (non-hydrogen) atoms. The Morgan fingerprint density at radius 2 is 2.36 bits per heavy atom. The quantitative estimate of drug-likeness (QED) is 0.556. The first kappa shape index (κ1) is 8.62. The molecule has 1 aromatic heterocycles. The van der Waals surface area contributed by atoms with Crippen molar-refractivity contribution in [2.45, 2.75) is 0 Å². The monoisotopic (exact) mass is 237 g/mol. The van der Waals surface area contributed by atoms with Crippen LogP contribution in [0.25, 0.3) is 0 Å². The van der Waals surface area contributed by atoms with Gasteiger partial charge in [-0.3, -0.25) is 4.79 Å². The fourth-order valence-corrected chi connectivity index (χ4v) is 1.08. The van der Waals surface area contributed by atoms with Crippen LogP contribution >= 0.6 is 27.5 Å². The zero-order valence-electron chi connectivity index (χ0n) is 5.14. The Bertz CT molecular complexity index is 305. The SMILES string of the molecule is O=Cc1c(Br)cnc(Cl)c1F. The van der Waals surface area contributed by atoms with Crippen molar-refractivity contribution in [2.24, 2.45) is 0 Å². The lowest BCUT2D eigenvalue weighted by molar-refractivity contribution is 0.111. The van der Waals surface area contributed by atoms with Crippen LogP contribution in [0.15, 0.2) is 10.7 Å². The van der Waals surface area contributed by atoms with E-state index in [0.29, 0.717) is 10.8 Å². The van der Waals surface area contributed by atoms with E-state index in [-0.39, 0.29) is 10.7 Å². The second-order valence-corrected chi connectivity index (χ2v) is 2.95.